The van der Waals surface area contributed by atoms with Crippen molar-refractivity contribution in [1.29, 1.82) is 0 Å². The number of hydrogen-bond acceptors (Lipinski definition) is 0. The zero-order valence-corrected chi connectivity index (χ0v) is 21.2. The molecule has 0 aromatic rings. The maximum absolute atomic E-state index is 3.25. The average molecular weight is 421 g/mol. The van der Waals surface area contributed by atoms with E-state index in [0.29, 0.717) is 0 Å². The van der Waals surface area contributed by atoms with Crippen LogP contribution >= 0.6 is 33.4 Å². The molecule has 1 aliphatic carbocycles. The van der Waals surface area contributed by atoms with Crippen LogP contribution in [0.5, 0.6) is 0 Å². The maximum atomic E-state index is 3.25. The van der Waals surface area contributed by atoms with Crippen LogP contribution in [0, 0.1) is 54.5 Å². The molecule has 0 nitrogen and oxygen atoms in total. The molecule has 23 heavy (non-hydrogen) atoms. The van der Waals surface area contributed by atoms with Crippen LogP contribution in [0.2, 0.25) is 0 Å². The van der Waals surface area contributed by atoms with Gasteiger partial charge in [0, 0.05) is 21.7 Å². The van der Waals surface area contributed by atoms with Crippen molar-refractivity contribution in [3.63, 3.8) is 0 Å². The van der Waals surface area contributed by atoms with Crippen molar-refractivity contribution < 1.29 is 21.7 Å². The summed E-state index contributed by atoms with van der Waals surface area (Å²) in [5, 5.41) is 0. The van der Waals surface area contributed by atoms with Crippen molar-refractivity contribution in [2.75, 3.05) is 12.3 Å². The summed E-state index contributed by atoms with van der Waals surface area (Å²) in [5.74, 6) is 1.81. The van der Waals surface area contributed by atoms with Gasteiger partial charge in [-0.3, -0.25) is 6.08 Å². The Morgan fingerprint density at radius 3 is 1.39 bits per heavy atom. The maximum Gasteiger partial charge on any atom is 0 e. The predicted molar refractivity (Wildman–Crippen MR) is 120 cm³/mol. The van der Waals surface area contributed by atoms with E-state index in [1.165, 1.54) is 20.9 Å². The van der Waals surface area contributed by atoms with Crippen LogP contribution in [0.4, 0.5) is 0 Å². The van der Waals surface area contributed by atoms with Gasteiger partial charge >= 0.3 is 0 Å². The molecule has 4 heteroatoms. The Morgan fingerprint density at radius 2 is 1.26 bits per heavy atom. The van der Waals surface area contributed by atoms with E-state index in [1.807, 2.05) is 12.2 Å². The van der Waals surface area contributed by atoms with Gasteiger partial charge in [-0.25, -0.2) is 12.2 Å². The fourth-order valence-corrected chi connectivity index (χ4v) is 2.32. The molecule has 0 aliphatic heterocycles. The van der Waals surface area contributed by atoms with Gasteiger partial charge < -0.3 is 36.6 Å². The molecule has 148 valence electrons. The monoisotopic (exact) mass is 420 g/mol. The largest absolute Gasteiger partial charge is 0.358 e. The SMILES string of the molecule is CC(C)CPCC(C)C.Cl.Cl.[C-]1=CC=CC1.[CH2-]C.[CH3-].[CH3-].[CH3-].[CH3-].[Ti]. The first-order chi connectivity index (χ1) is 7.63. The molecule has 0 atom stereocenters. The van der Waals surface area contributed by atoms with Gasteiger partial charge in [-0.15, -0.1) is 39.8 Å². The van der Waals surface area contributed by atoms with Crippen LogP contribution in [0.3, 0.4) is 0 Å². The molecule has 0 aromatic carbocycles. The van der Waals surface area contributed by atoms with Gasteiger partial charge in [0.2, 0.25) is 0 Å². The van der Waals surface area contributed by atoms with Crippen molar-refractivity contribution in [2.24, 2.45) is 11.8 Å². The molecule has 0 saturated heterocycles. The molecule has 0 radical (unpaired) electrons. The summed E-state index contributed by atoms with van der Waals surface area (Å²) in [5.41, 5.74) is 0. The molecule has 1 aliphatic rings. The predicted octanol–water partition coefficient (Wildman–Crippen LogP) is 7.77. The van der Waals surface area contributed by atoms with Crippen molar-refractivity contribution >= 4 is 33.4 Å². The van der Waals surface area contributed by atoms with Gasteiger partial charge in [-0.2, -0.15) is 13.0 Å². The van der Waals surface area contributed by atoms with Crippen LogP contribution in [0.25, 0.3) is 0 Å². The Balaban J connectivity index is -0.0000000179. The second-order valence-corrected chi connectivity index (χ2v) is 5.77. The molecule has 0 fully saturated rings. The molecule has 0 bridgehead atoms. The zero-order valence-electron chi connectivity index (χ0n) is 17.0. The molecule has 0 spiro atoms. The summed E-state index contributed by atoms with van der Waals surface area (Å²) in [6, 6.07) is 0. The summed E-state index contributed by atoms with van der Waals surface area (Å²) >= 11 is 0. The van der Waals surface area contributed by atoms with Crippen LogP contribution in [-0.4, -0.2) is 12.3 Å². The third-order valence-corrected chi connectivity index (χ3v) is 3.90. The van der Waals surface area contributed by atoms with E-state index < -0.39 is 0 Å². The number of allylic oxidation sites excluding steroid dienone is 4. The number of halogens is 2. The molecule has 0 amide bonds. The standard InChI is InChI=1S/C8H19P.C5H5.C2H5.4CH3.2ClH.Ti/c1-7(2)5-9-6-8(3)4;1-2-4-5-3-1;1-2;;;;;;;/h7-9H,5-6H2,1-4H3;1-3H,4H2;1H2,2H3;4*1H3;2*1H;/q;6*-1;;;. The molecule has 0 heterocycles. The number of hydrogen-bond donors (Lipinski definition) is 0. The van der Waals surface area contributed by atoms with Crippen LogP contribution in [0.1, 0.15) is 41.0 Å². The Bertz CT molecular complexity index is 164. The summed E-state index contributed by atoms with van der Waals surface area (Å²) in [7, 11) is 1.19. The first-order valence-electron chi connectivity index (χ1n) is 6.26. The van der Waals surface area contributed by atoms with E-state index >= 15 is 0 Å². The van der Waals surface area contributed by atoms with Gasteiger partial charge in [0.15, 0.2) is 0 Å². The minimum atomic E-state index is 0. The van der Waals surface area contributed by atoms with Crippen molar-refractivity contribution in [2.45, 2.75) is 41.0 Å². The van der Waals surface area contributed by atoms with Crippen molar-refractivity contribution in [3.8, 4) is 0 Å². The van der Waals surface area contributed by atoms with Gasteiger partial charge in [0.05, 0.1) is 0 Å². The molecule has 1 rings (SSSR count). The van der Waals surface area contributed by atoms with Crippen LogP contribution < -0.4 is 0 Å². The molecule has 0 unspecified atom stereocenters. The van der Waals surface area contributed by atoms with Gasteiger partial charge in [0.25, 0.3) is 0 Å². The van der Waals surface area contributed by atoms with Gasteiger partial charge in [0.1, 0.15) is 0 Å². The molecular formula is C19H43Cl2PTi-6. The van der Waals surface area contributed by atoms with Crippen molar-refractivity contribution in [1.82, 2.24) is 0 Å². The third kappa shape index (κ3) is 70.0. The second-order valence-electron chi connectivity index (χ2n) is 4.45. The first-order valence-corrected chi connectivity index (χ1v) is 7.67. The topological polar surface area (TPSA) is 0 Å². The van der Waals surface area contributed by atoms with E-state index in [2.05, 4.69) is 46.8 Å². The molecule has 0 aromatic heterocycles. The summed E-state index contributed by atoms with van der Waals surface area (Å²) in [6.45, 7) is 14.2. The smallest absolute Gasteiger partial charge is 0 e. The third-order valence-electron chi connectivity index (χ3n) is 1.69. The molecule has 0 saturated carbocycles. The van der Waals surface area contributed by atoms with E-state index in [-0.39, 0.29) is 76.2 Å². The quantitative estimate of drug-likeness (QED) is 0.247. The van der Waals surface area contributed by atoms with Crippen molar-refractivity contribution in [3.05, 3.63) is 60.9 Å². The Kier molecular flexibility index (Phi) is 121. The summed E-state index contributed by atoms with van der Waals surface area (Å²) < 4.78 is 0. The molecular weight excluding hydrogens is 378 g/mol. The van der Waals surface area contributed by atoms with E-state index in [4.69, 9.17) is 0 Å². The van der Waals surface area contributed by atoms with Gasteiger partial charge in [-0.05, 0) is 24.2 Å². The number of rotatable bonds is 4. The van der Waals surface area contributed by atoms with Crippen LogP contribution in [-0.2, 0) is 21.7 Å². The second kappa shape index (κ2) is 49.5. The summed E-state index contributed by atoms with van der Waals surface area (Å²) in [6.07, 6.45) is 12.9. The summed E-state index contributed by atoms with van der Waals surface area (Å²) in [4.78, 5) is 0. The van der Waals surface area contributed by atoms with E-state index in [9.17, 15) is 0 Å². The van der Waals surface area contributed by atoms with E-state index in [0.717, 1.165) is 18.3 Å². The van der Waals surface area contributed by atoms with E-state index in [1.54, 1.807) is 6.92 Å². The average Bonchev–Trinajstić information content (AvgIpc) is 2.77. The van der Waals surface area contributed by atoms with Gasteiger partial charge in [-0.1, -0.05) is 27.7 Å². The molecule has 0 N–H and O–H groups in total. The first kappa shape index (κ1) is 56.4. The fraction of sp³-hybridized carbons (Fsp3) is 0.526. The fourth-order valence-electron chi connectivity index (χ4n) is 1.00. The minimum absolute atomic E-state index is 0. The Hall–Kier alpha value is 1.20. The minimum Gasteiger partial charge on any atom is -0.358 e. The van der Waals surface area contributed by atoms with Crippen LogP contribution in [0.15, 0.2) is 18.2 Å². The normalized spacial score (nSPS) is 8.52. The Labute approximate surface area is 180 Å². The Morgan fingerprint density at radius 1 is 0.913 bits per heavy atom. The zero-order chi connectivity index (χ0) is 12.8.